The molecule has 0 radical (unpaired) electrons. The Labute approximate surface area is 188 Å². The topological polar surface area (TPSA) is 107 Å². The van der Waals surface area contributed by atoms with Crippen molar-refractivity contribution >= 4 is 17.5 Å². The highest BCUT2D eigenvalue weighted by Crippen LogP contribution is 2.32. The van der Waals surface area contributed by atoms with E-state index in [0.29, 0.717) is 26.2 Å². The monoisotopic (exact) mass is 442 g/mol. The van der Waals surface area contributed by atoms with Crippen molar-refractivity contribution in [1.29, 1.82) is 0 Å². The third-order valence-corrected chi connectivity index (χ3v) is 5.49. The van der Waals surface area contributed by atoms with Crippen molar-refractivity contribution in [3.8, 4) is 0 Å². The molecule has 8 nitrogen and oxygen atoms in total. The summed E-state index contributed by atoms with van der Waals surface area (Å²) in [7, 11) is 0. The van der Waals surface area contributed by atoms with Gasteiger partial charge in [-0.3, -0.25) is 4.79 Å². The summed E-state index contributed by atoms with van der Waals surface area (Å²) in [6, 6.07) is 9.88. The molecule has 0 bridgehead atoms. The van der Waals surface area contributed by atoms with Gasteiger partial charge in [-0.25, -0.2) is 4.79 Å². The van der Waals surface area contributed by atoms with Crippen LogP contribution in [0.1, 0.15) is 44.6 Å². The van der Waals surface area contributed by atoms with Crippen molar-refractivity contribution in [2.45, 2.75) is 58.0 Å². The molecule has 3 atom stereocenters. The molecule has 1 aromatic carbocycles. The maximum atomic E-state index is 12.5. The molecule has 2 aliphatic rings. The Morgan fingerprint density at radius 1 is 1.19 bits per heavy atom. The van der Waals surface area contributed by atoms with Crippen molar-refractivity contribution in [2.24, 2.45) is 5.92 Å². The Hall–Kier alpha value is -2.64. The Morgan fingerprint density at radius 2 is 2.00 bits per heavy atom. The average molecular weight is 443 g/mol. The summed E-state index contributed by atoms with van der Waals surface area (Å²) < 4.78 is 22.6. The van der Waals surface area contributed by atoms with Gasteiger partial charge in [0, 0.05) is 13.0 Å². The molecule has 1 aliphatic carbocycles. The zero-order valence-corrected chi connectivity index (χ0v) is 18.4. The first kappa shape index (κ1) is 24.0. The molecular weight excluding hydrogens is 412 g/mol. The second-order valence-electron chi connectivity index (χ2n) is 7.93. The van der Waals surface area contributed by atoms with Crippen LogP contribution in [0.25, 0.3) is 5.53 Å². The fourth-order valence-electron chi connectivity index (χ4n) is 3.94. The molecule has 1 fully saturated rings. The van der Waals surface area contributed by atoms with E-state index in [0.717, 1.165) is 30.4 Å². The van der Waals surface area contributed by atoms with Gasteiger partial charge in [0.05, 0.1) is 25.9 Å². The lowest BCUT2D eigenvalue weighted by molar-refractivity contribution is -0.182. The van der Waals surface area contributed by atoms with E-state index < -0.39 is 17.5 Å². The lowest BCUT2D eigenvalue weighted by atomic mass is 9.99. The van der Waals surface area contributed by atoms with E-state index >= 15 is 0 Å². The molecule has 3 unspecified atom stereocenters. The third kappa shape index (κ3) is 6.93. The minimum atomic E-state index is -0.920. The molecule has 172 valence electrons. The van der Waals surface area contributed by atoms with E-state index in [1.54, 1.807) is 6.92 Å². The van der Waals surface area contributed by atoms with Crippen LogP contribution in [-0.4, -0.2) is 54.5 Å². The van der Waals surface area contributed by atoms with E-state index in [1.165, 1.54) is 0 Å². The number of allylic oxidation sites excluding steroid dienone is 1. The van der Waals surface area contributed by atoms with E-state index in [4.69, 9.17) is 24.5 Å². The second kappa shape index (κ2) is 12.4. The molecule has 0 N–H and O–H groups in total. The lowest BCUT2D eigenvalue weighted by Gasteiger charge is -2.27. The molecular formula is C24H30N2O6. The van der Waals surface area contributed by atoms with Crippen LogP contribution in [-0.2, 0) is 35.1 Å². The number of carbonyl (C=O) groups is 2. The maximum Gasteiger partial charge on any atom is 0.441 e. The number of rotatable bonds is 11. The Kier molecular flexibility index (Phi) is 9.31. The van der Waals surface area contributed by atoms with Crippen LogP contribution in [0, 0.1) is 5.92 Å². The van der Waals surface area contributed by atoms with Crippen molar-refractivity contribution in [2.75, 3.05) is 19.8 Å². The summed E-state index contributed by atoms with van der Waals surface area (Å²) in [5, 5.41) is 0. The molecule has 3 rings (SSSR count). The molecule has 1 heterocycles. The molecule has 8 heteroatoms. The minimum Gasteiger partial charge on any atom is -0.457 e. The molecule has 0 aromatic heterocycles. The van der Waals surface area contributed by atoms with Gasteiger partial charge >= 0.3 is 11.7 Å². The number of hydrogen-bond donors (Lipinski definition) is 0. The van der Waals surface area contributed by atoms with Gasteiger partial charge in [-0.1, -0.05) is 36.4 Å². The van der Waals surface area contributed by atoms with Crippen LogP contribution < -0.4 is 0 Å². The minimum absolute atomic E-state index is 0.0196. The first-order valence-electron chi connectivity index (χ1n) is 11.1. The molecule has 32 heavy (non-hydrogen) atoms. The second-order valence-corrected chi connectivity index (χ2v) is 7.93. The number of carbonyl (C=O) groups excluding carboxylic acids is 2. The van der Waals surface area contributed by atoms with Crippen LogP contribution in [0.15, 0.2) is 42.0 Å². The number of hydrogen-bond acceptors (Lipinski definition) is 6. The quantitative estimate of drug-likeness (QED) is 0.130. The molecule has 0 amide bonds. The number of benzene rings is 1. The highest BCUT2D eigenvalue weighted by atomic mass is 16.7. The average Bonchev–Trinajstić information content (AvgIpc) is 3.16. The van der Waals surface area contributed by atoms with E-state index in [2.05, 4.69) is 4.79 Å². The largest absolute Gasteiger partial charge is 0.457 e. The van der Waals surface area contributed by atoms with Crippen molar-refractivity contribution < 1.29 is 33.3 Å². The zero-order valence-electron chi connectivity index (χ0n) is 18.4. The summed E-state index contributed by atoms with van der Waals surface area (Å²) in [5.74, 6) is -1.65. The Bertz CT molecular complexity index is 857. The summed E-state index contributed by atoms with van der Waals surface area (Å²) >= 11 is 0. The van der Waals surface area contributed by atoms with E-state index in [-0.39, 0.29) is 31.3 Å². The standard InChI is InChI=1S/C24H30N2O6/c1-2-30-24(28)23(26-25)20(27)13-18-12-19(16-29-15-17-8-4-3-5-9-17)21(14-18)32-22-10-6-7-11-31-22/h3-5,8-9,12,18,21-22H,2,6-7,10-11,13-16H2,1H3. The molecule has 1 aliphatic heterocycles. The number of ether oxygens (including phenoxy) is 4. The smallest absolute Gasteiger partial charge is 0.441 e. The first-order chi connectivity index (χ1) is 15.6. The number of ketones is 1. The van der Waals surface area contributed by atoms with Gasteiger partial charge in [-0.15, -0.1) is 0 Å². The molecule has 0 saturated carbocycles. The van der Waals surface area contributed by atoms with Gasteiger partial charge in [0.2, 0.25) is 0 Å². The highest BCUT2D eigenvalue weighted by Gasteiger charge is 2.36. The van der Waals surface area contributed by atoms with Crippen molar-refractivity contribution in [3.63, 3.8) is 0 Å². The maximum absolute atomic E-state index is 12.5. The summed E-state index contributed by atoms with van der Waals surface area (Å²) in [4.78, 5) is 27.2. The van der Waals surface area contributed by atoms with Gasteiger partial charge in [0.15, 0.2) is 6.29 Å². The molecule has 0 spiro atoms. The van der Waals surface area contributed by atoms with Crippen LogP contribution in [0.4, 0.5) is 0 Å². The fraction of sp³-hybridized carbons (Fsp3) is 0.542. The van der Waals surface area contributed by atoms with E-state index in [9.17, 15) is 9.59 Å². The van der Waals surface area contributed by atoms with E-state index in [1.807, 2.05) is 36.4 Å². The normalized spacial score (nSPS) is 22.7. The summed E-state index contributed by atoms with van der Waals surface area (Å²) in [5.41, 5.74) is 10.5. The first-order valence-corrected chi connectivity index (χ1v) is 11.1. The zero-order chi connectivity index (χ0) is 22.8. The number of esters is 1. The van der Waals surface area contributed by atoms with Crippen LogP contribution in [0.3, 0.4) is 0 Å². The van der Waals surface area contributed by atoms with Gasteiger partial charge in [0.1, 0.15) is 0 Å². The van der Waals surface area contributed by atoms with Crippen molar-refractivity contribution in [3.05, 3.63) is 53.1 Å². The van der Waals surface area contributed by atoms with Gasteiger partial charge in [0.25, 0.3) is 5.78 Å². The third-order valence-electron chi connectivity index (χ3n) is 5.49. The Balaban J connectivity index is 1.63. The SMILES string of the molecule is CCOC(=O)C(=[N+]=[N-])C(=O)CC1C=C(COCc2ccccc2)C(OC2CCCCO2)C1. The van der Waals surface area contributed by atoms with Crippen LogP contribution in [0.5, 0.6) is 0 Å². The van der Waals surface area contributed by atoms with Crippen molar-refractivity contribution in [1.82, 2.24) is 0 Å². The fourth-order valence-corrected chi connectivity index (χ4v) is 3.94. The molecule has 1 aromatic rings. The highest BCUT2D eigenvalue weighted by molar-refractivity contribution is 6.62. The summed E-state index contributed by atoms with van der Waals surface area (Å²) in [6.07, 6.45) is 4.97. The van der Waals surface area contributed by atoms with Gasteiger partial charge < -0.3 is 24.5 Å². The molecule has 1 saturated heterocycles. The summed E-state index contributed by atoms with van der Waals surface area (Å²) in [6.45, 7) is 3.23. The predicted octanol–water partition coefficient (Wildman–Crippen LogP) is 3.25. The number of Topliss-reactive ketones (excluding diaryl/α,β-unsaturated/α-hetero) is 1. The number of nitrogens with zero attached hydrogens (tertiary/aromatic N) is 2. The predicted molar refractivity (Wildman–Crippen MR) is 116 cm³/mol. The van der Waals surface area contributed by atoms with Crippen LogP contribution in [0.2, 0.25) is 0 Å². The van der Waals surface area contributed by atoms with Gasteiger partial charge in [-0.05, 0) is 49.7 Å². The van der Waals surface area contributed by atoms with Gasteiger partial charge in [-0.2, -0.15) is 4.79 Å². The lowest BCUT2D eigenvalue weighted by Crippen LogP contribution is -2.30. The Morgan fingerprint density at radius 3 is 2.69 bits per heavy atom. The van der Waals surface area contributed by atoms with Crippen LogP contribution >= 0.6 is 0 Å².